The lowest BCUT2D eigenvalue weighted by Gasteiger charge is -2.32. The van der Waals surface area contributed by atoms with Crippen LogP contribution in [0.5, 0.6) is 5.75 Å². The molecule has 31 heavy (non-hydrogen) atoms. The van der Waals surface area contributed by atoms with Crippen LogP contribution in [0.2, 0.25) is 0 Å². The third-order valence-electron chi connectivity index (χ3n) is 4.99. The van der Waals surface area contributed by atoms with E-state index in [1.54, 1.807) is 12.1 Å². The number of hydrogen-bond acceptors (Lipinski definition) is 4. The smallest absolute Gasteiger partial charge is 0.416 e. The van der Waals surface area contributed by atoms with Crippen LogP contribution in [0.25, 0.3) is 0 Å². The van der Waals surface area contributed by atoms with Gasteiger partial charge in [0, 0.05) is 4.47 Å². The van der Waals surface area contributed by atoms with Crippen LogP contribution in [-0.2, 0) is 16.2 Å². The molecule has 170 valence electrons. The summed E-state index contributed by atoms with van der Waals surface area (Å²) < 4.78 is 71.9. The molecule has 2 aromatic carbocycles. The second-order valence-corrected chi connectivity index (χ2v) is 10.2. The maximum Gasteiger partial charge on any atom is 0.416 e. The molecule has 11 heteroatoms. The summed E-state index contributed by atoms with van der Waals surface area (Å²) in [5, 5.41) is 10.2. The van der Waals surface area contributed by atoms with Gasteiger partial charge in [-0.15, -0.1) is 0 Å². The highest BCUT2D eigenvalue weighted by Crippen LogP contribution is 2.31. The van der Waals surface area contributed by atoms with Gasteiger partial charge >= 0.3 is 6.18 Å². The normalized spacial score (nSPS) is 17.5. The van der Waals surface area contributed by atoms with E-state index in [1.165, 1.54) is 10.4 Å². The number of rotatable bonds is 7. The van der Waals surface area contributed by atoms with Crippen LogP contribution in [0.3, 0.4) is 0 Å². The summed E-state index contributed by atoms with van der Waals surface area (Å²) in [6, 6.07) is 11.0. The largest absolute Gasteiger partial charge is 0.491 e. The molecule has 1 fully saturated rings. The molecule has 0 unspecified atom stereocenters. The quantitative estimate of drug-likeness (QED) is 0.580. The number of quaternary nitrogens is 1. The van der Waals surface area contributed by atoms with E-state index in [-0.39, 0.29) is 24.6 Å². The molecule has 2 N–H and O–H groups in total. The number of halogens is 4. The van der Waals surface area contributed by atoms with E-state index in [9.17, 15) is 26.7 Å². The number of nitrogens with one attached hydrogen (secondary N) is 1. The van der Waals surface area contributed by atoms with E-state index in [0.29, 0.717) is 31.5 Å². The molecule has 1 saturated heterocycles. The summed E-state index contributed by atoms with van der Waals surface area (Å²) in [4.78, 5) is 0.633. The number of ether oxygens (including phenoxy) is 1. The average molecular weight is 524 g/mol. The molecule has 2 aromatic rings. The minimum Gasteiger partial charge on any atom is -0.491 e. The predicted molar refractivity (Wildman–Crippen MR) is 111 cm³/mol. The van der Waals surface area contributed by atoms with Crippen molar-refractivity contribution in [2.24, 2.45) is 0 Å². The number of sulfonamides is 1. The van der Waals surface area contributed by atoms with Crippen LogP contribution < -0.4 is 9.64 Å². The van der Waals surface area contributed by atoms with Crippen LogP contribution in [0, 0.1) is 0 Å². The Labute approximate surface area is 187 Å². The molecule has 3 rings (SSSR count). The van der Waals surface area contributed by atoms with Gasteiger partial charge in [0.15, 0.2) is 0 Å². The standard InChI is InChI=1S/C20H22BrF3N2O4S/c21-16-4-2-5-18(12-16)30-14-17(27)13-25-7-9-26(10-8-25)31(28,29)19-6-1-3-15(11-19)20(22,23)24/h1-6,11-12,17,27H,7-10,13-14H2/p+1/t17-/m0/s1. The van der Waals surface area contributed by atoms with Crippen molar-refractivity contribution in [2.75, 3.05) is 39.3 Å². The summed E-state index contributed by atoms with van der Waals surface area (Å²) in [5.74, 6) is 0.625. The molecule has 0 radical (unpaired) electrons. The van der Waals surface area contributed by atoms with Crippen LogP contribution in [0.15, 0.2) is 57.9 Å². The molecule has 0 aliphatic carbocycles. The Morgan fingerprint density at radius 2 is 1.81 bits per heavy atom. The highest BCUT2D eigenvalue weighted by atomic mass is 79.9. The van der Waals surface area contributed by atoms with Crippen LogP contribution in [0.4, 0.5) is 13.2 Å². The number of benzene rings is 2. The fourth-order valence-electron chi connectivity index (χ4n) is 3.37. The van der Waals surface area contributed by atoms with Gasteiger partial charge in [0.2, 0.25) is 10.0 Å². The number of hydrogen-bond donors (Lipinski definition) is 2. The van der Waals surface area contributed by atoms with Crippen LogP contribution in [-0.4, -0.2) is 63.3 Å². The van der Waals surface area contributed by atoms with E-state index in [2.05, 4.69) is 15.9 Å². The number of nitrogens with zero attached hydrogens (tertiary/aromatic N) is 1. The van der Waals surface area contributed by atoms with Crippen molar-refractivity contribution in [3.05, 3.63) is 58.6 Å². The lowest BCUT2D eigenvalue weighted by Crippen LogP contribution is -3.15. The van der Waals surface area contributed by atoms with Gasteiger partial charge in [0.25, 0.3) is 0 Å². The SMILES string of the molecule is O=S(=O)(c1cccc(C(F)(F)F)c1)N1CC[NH+](C[C@H](O)COc2cccc(Br)c2)CC1. The second kappa shape index (κ2) is 9.86. The summed E-state index contributed by atoms with van der Waals surface area (Å²) in [7, 11) is -4.02. The molecular weight excluding hydrogens is 501 g/mol. The van der Waals surface area contributed by atoms with Gasteiger partial charge < -0.3 is 14.7 Å². The van der Waals surface area contributed by atoms with Crippen LogP contribution in [0.1, 0.15) is 5.56 Å². The fraction of sp³-hybridized carbons (Fsp3) is 0.400. The second-order valence-electron chi connectivity index (χ2n) is 7.31. The molecule has 1 heterocycles. The van der Waals surface area contributed by atoms with E-state index in [1.807, 2.05) is 12.1 Å². The Bertz CT molecular complexity index is 996. The van der Waals surface area contributed by atoms with E-state index in [4.69, 9.17) is 4.74 Å². The van der Waals surface area contributed by atoms with Gasteiger partial charge in [-0.25, -0.2) is 8.42 Å². The maximum absolute atomic E-state index is 12.9. The summed E-state index contributed by atoms with van der Waals surface area (Å²) >= 11 is 3.34. The van der Waals surface area contributed by atoms with Crippen molar-refractivity contribution in [2.45, 2.75) is 17.2 Å². The van der Waals surface area contributed by atoms with Crippen molar-refractivity contribution in [1.82, 2.24) is 4.31 Å². The summed E-state index contributed by atoms with van der Waals surface area (Å²) in [5.41, 5.74) is -0.994. The molecular formula is C20H23BrF3N2O4S+. The first-order valence-electron chi connectivity index (χ1n) is 9.63. The van der Waals surface area contributed by atoms with Gasteiger partial charge in [-0.1, -0.05) is 28.1 Å². The van der Waals surface area contributed by atoms with E-state index < -0.39 is 27.9 Å². The molecule has 0 bridgehead atoms. The zero-order chi connectivity index (χ0) is 22.6. The van der Waals surface area contributed by atoms with Crippen molar-refractivity contribution < 1.29 is 36.3 Å². The highest BCUT2D eigenvalue weighted by molar-refractivity contribution is 9.10. The third-order valence-corrected chi connectivity index (χ3v) is 7.38. The van der Waals surface area contributed by atoms with Gasteiger partial charge in [-0.05, 0) is 36.4 Å². The molecule has 0 spiro atoms. The third kappa shape index (κ3) is 6.42. The zero-order valence-electron chi connectivity index (χ0n) is 16.5. The summed E-state index contributed by atoms with van der Waals surface area (Å²) in [6.45, 7) is 1.68. The van der Waals surface area contributed by atoms with Crippen molar-refractivity contribution >= 4 is 26.0 Å². The minimum atomic E-state index is -4.61. The Kier molecular flexibility index (Phi) is 7.63. The highest BCUT2D eigenvalue weighted by Gasteiger charge is 2.35. The Hall–Kier alpha value is -1.66. The van der Waals surface area contributed by atoms with Crippen molar-refractivity contribution in [3.8, 4) is 5.75 Å². The van der Waals surface area contributed by atoms with Gasteiger partial charge in [0.1, 0.15) is 25.0 Å². The van der Waals surface area contributed by atoms with E-state index >= 15 is 0 Å². The lowest BCUT2D eigenvalue weighted by molar-refractivity contribution is -0.906. The fourth-order valence-corrected chi connectivity index (χ4v) is 5.24. The predicted octanol–water partition coefficient (Wildman–Crippen LogP) is 1.80. The molecule has 0 aromatic heterocycles. The topological polar surface area (TPSA) is 71.3 Å². The van der Waals surface area contributed by atoms with E-state index in [0.717, 1.165) is 21.5 Å². The van der Waals surface area contributed by atoms with Gasteiger partial charge in [-0.3, -0.25) is 0 Å². The number of alkyl halides is 3. The van der Waals surface area contributed by atoms with Gasteiger partial charge in [-0.2, -0.15) is 17.5 Å². The monoisotopic (exact) mass is 523 g/mol. The Morgan fingerprint density at radius 3 is 2.45 bits per heavy atom. The molecule has 0 amide bonds. The Morgan fingerprint density at radius 1 is 1.13 bits per heavy atom. The molecule has 6 nitrogen and oxygen atoms in total. The van der Waals surface area contributed by atoms with Crippen molar-refractivity contribution in [3.63, 3.8) is 0 Å². The van der Waals surface area contributed by atoms with Gasteiger partial charge in [0.05, 0.1) is 36.6 Å². The average Bonchev–Trinajstić information content (AvgIpc) is 2.72. The first kappa shape index (κ1) is 24.0. The summed E-state index contributed by atoms with van der Waals surface area (Å²) in [6.07, 6.45) is -5.34. The molecule has 1 atom stereocenters. The molecule has 0 saturated carbocycles. The maximum atomic E-state index is 12.9. The van der Waals surface area contributed by atoms with Crippen molar-refractivity contribution in [1.29, 1.82) is 0 Å². The van der Waals surface area contributed by atoms with Crippen LogP contribution >= 0.6 is 15.9 Å². The number of aliphatic hydroxyl groups is 1. The molecule has 1 aliphatic heterocycles. The Balaban J connectivity index is 1.53. The molecule has 1 aliphatic rings. The number of aliphatic hydroxyl groups excluding tert-OH is 1. The first-order valence-corrected chi connectivity index (χ1v) is 11.9. The zero-order valence-corrected chi connectivity index (χ0v) is 18.9. The first-order chi connectivity index (χ1) is 14.6. The number of piperazine rings is 1. The lowest BCUT2D eigenvalue weighted by atomic mass is 10.2. The minimum absolute atomic E-state index is 0.103.